The van der Waals surface area contributed by atoms with Crippen molar-refractivity contribution < 1.29 is 4.79 Å². The molecule has 1 amide bonds. The molecule has 2 aromatic rings. The van der Waals surface area contributed by atoms with Gasteiger partial charge in [0, 0.05) is 6.20 Å². The molecule has 20 heavy (non-hydrogen) atoms. The van der Waals surface area contributed by atoms with E-state index in [0.717, 1.165) is 11.1 Å². The molecule has 1 heterocycles. The van der Waals surface area contributed by atoms with Crippen LogP contribution in [0.4, 0.5) is 5.69 Å². The van der Waals surface area contributed by atoms with Crippen molar-refractivity contribution in [2.75, 3.05) is 5.32 Å². The molecule has 0 radical (unpaired) electrons. The first kappa shape index (κ1) is 14.3. The number of carbonyl (C=O) groups is 1. The van der Waals surface area contributed by atoms with Crippen LogP contribution in [-0.2, 0) is 0 Å². The Morgan fingerprint density at radius 2 is 1.90 bits per heavy atom. The molecule has 104 valence electrons. The molecule has 0 spiro atoms. The molecule has 0 saturated heterocycles. The van der Waals surface area contributed by atoms with Crippen molar-refractivity contribution in [2.45, 2.75) is 20.8 Å². The Labute approximate surface area is 121 Å². The highest BCUT2D eigenvalue weighted by Gasteiger charge is 2.16. The standard InChI is InChI=1S/C15H15ClN2O2/c1-8-6-10(3)13(11(16)7-8)18-15(20)12-9(2)4-5-17-14(12)19/h4-7H,1-3H3,(H,17,19)(H,18,20). The highest BCUT2D eigenvalue weighted by Crippen LogP contribution is 2.27. The van der Waals surface area contributed by atoms with Crippen molar-refractivity contribution in [3.8, 4) is 0 Å². The van der Waals surface area contributed by atoms with E-state index in [9.17, 15) is 9.59 Å². The molecule has 0 bridgehead atoms. The first-order valence-corrected chi connectivity index (χ1v) is 6.54. The van der Waals surface area contributed by atoms with Crippen molar-refractivity contribution in [2.24, 2.45) is 0 Å². The number of aryl methyl sites for hydroxylation is 3. The van der Waals surface area contributed by atoms with Gasteiger partial charge >= 0.3 is 0 Å². The summed E-state index contributed by atoms with van der Waals surface area (Å²) in [5.74, 6) is -0.460. The second-order valence-corrected chi connectivity index (χ2v) is 5.16. The Hall–Kier alpha value is -2.07. The number of amides is 1. The third-order valence-corrected chi connectivity index (χ3v) is 3.36. The van der Waals surface area contributed by atoms with E-state index in [4.69, 9.17) is 11.6 Å². The van der Waals surface area contributed by atoms with Gasteiger partial charge in [0.25, 0.3) is 11.5 Å². The van der Waals surface area contributed by atoms with E-state index in [1.165, 1.54) is 6.20 Å². The molecular weight excluding hydrogens is 276 g/mol. The maximum absolute atomic E-state index is 12.3. The monoisotopic (exact) mass is 290 g/mol. The molecular formula is C15H15ClN2O2. The Bertz CT molecular complexity index is 712. The number of rotatable bonds is 2. The van der Waals surface area contributed by atoms with E-state index < -0.39 is 11.5 Å². The molecule has 1 aromatic carbocycles. The van der Waals surface area contributed by atoms with E-state index >= 15 is 0 Å². The minimum atomic E-state index is -0.460. The van der Waals surface area contributed by atoms with Crippen LogP contribution < -0.4 is 10.9 Å². The third-order valence-electron chi connectivity index (χ3n) is 3.07. The number of hydrogen-bond acceptors (Lipinski definition) is 2. The molecule has 0 aliphatic heterocycles. The van der Waals surface area contributed by atoms with E-state index in [1.54, 1.807) is 19.1 Å². The van der Waals surface area contributed by atoms with Crippen LogP contribution >= 0.6 is 11.6 Å². The number of nitrogens with one attached hydrogen (secondary N) is 2. The summed E-state index contributed by atoms with van der Waals surface area (Å²) in [5, 5.41) is 3.17. The van der Waals surface area contributed by atoms with Crippen molar-refractivity contribution in [1.82, 2.24) is 4.98 Å². The van der Waals surface area contributed by atoms with Crippen LogP contribution in [0.25, 0.3) is 0 Å². The predicted molar refractivity (Wildman–Crippen MR) is 80.7 cm³/mol. The number of anilines is 1. The summed E-state index contributed by atoms with van der Waals surface area (Å²) in [7, 11) is 0. The van der Waals surface area contributed by atoms with Crippen molar-refractivity contribution >= 4 is 23.2 Å². The summed E-state index contributed by atoms with van der Waals surface area (Å²) in [6, 6.07) is 5.37. The minimum absolute atomic E-state index is 0.101. The Kier molecular flexibility index (Phi) is 3.95. The van der Waals surface area contributed by atoms with Gasteiger partial charge in [0.1, 0.15) is 5.56 Å². The number of pyridine rings is 1. The highest BCUT2D eigenvalue weighted by atomic mass is 35.5. The van der Waals surface area contributed by atoms with Gasteiger partial charge in [-0.3, -0.25) is 9.59 Å². The number of H-pyrrole nitrogens is 1. The van der Waals surface area contributed by atoms with Gasteiger partial charge in [-0.1, -0.05) is 17.7 Å². The number of hydrogen-bond donors (Lipinski definition) is 2. The van der Waals surface area contributed by atoms with Gasteiger partial charge in [-0.15, -0.1) is 0 Å². The van der Waals surface area contributed by atoms with Gasteiger partial charge in [0.05, 0.1) is 10.7 Å². The van der Waals surface area contributed by atoms with Gasteiger partial charge in [-0.05, 0) is 49.6 Å². The smallest absolute Gasteiger partial charge is 0.261 e. The summed E-state index contributed by atoms with van der Waals surface area (Å²) < 4.78 is 0. The lowest BCUT2D eigenvalue weighted by Crippen LogP contribution is -2.24. The molecule has 0 aliphatic carbocycles. The molecule has 2 N–H and O–H groups in total. The lowest BCUT2D eigenvalue weighted by atomic mass is 10.1. The molecule has 4 nitrogen and oxygen atoms in total. The molecule has 2 rings (SSSR count). The molecule has 5 heteroatoms. The van der Waals surface area contributed by atoms with Gasteiger partial charge in [0.15, 0.2) is 0 Å². The van der Waals surface area contributed by atoms with E-state index in [0.29, 0.717) is 16.3 Å². The third kappa shape index (κ3) is 2.75. The summed E-state index contributed by atoms with van der Waals surface area (Å²) in [6.45, 7) is 5.50. The number of halogens is 1. The lowest BCUT2D eigenvalue weighted by molar-refractivity contribution is 0.102. The van der Waals surface area contributed by atoms with Crippen LogP contribution in [0.15, 0.2) is 29.2 Å². The fourth-order valence-electron chi connectivity index (χ4n) is 2.11. The number of aromatic amines is 1. The molecule has 0 fully saturated rings. The Morgan fingerprint density at radius 3 is 2.50 bits per heavy atom. The maximum Gasteiger partial charge on any atom is 0.261 e. The summed E-state index contributed by atoms with van der Waals surface area (Å²) in [6.07, 6.45) is 1.51. The van der Waals surface area contributed by atoms with Gasteiger partial charge in [-0.25, -0.2) is 0 Å². The van der Waals surface area contributed by atoms with Crippen molar-refractivity contribution in [1.29, 1.82) is 0 Å². The van der Waals surface area contributed by atoms with E-state index in [-0.39, 0.29) is 5.56 Å². The van der Waals surface area contributed by atoms with E-state index in [2.05, 4.69) is 10.3 Å². The average Bonchev–Trinajstić information content (AvgIpc) is 2.33. The van der Waals surface area contributed by atoms with Crippen LogP contribution in [0.1, 0.15) is 27.0 Å². The fraction of sp³-hybridized carbons (Fsp3) is 0.200. The van der Waals surface area contributed by atoms with E-state index in [1.807, 2.05) is 19.9 Å². The molecule has 0 aliphatic rings. The summed E-state index contributed by atoms with van der Waals surface area (Å²) in [4.78, 5) is 26.5. The van der Waals surface area contributed by atoms with Gasteiger partial charge in [0.2, 0.25) is 0 Å². The van der Waals surface area contributed by atoms with Crippen molar-refractivity contribution in [3.63, 3.8) is 0 Å². The highest BCUT2D eigenvalue weighted by molar-refractivity contribution is 6.34. The topological polar surface area (TPSA) is 62.0 Å². The summed E-state index contributed by atoms with van der Waals surface area (Å²) in [5.41, 5.74) is 2.71. The Balaban J connectivity index is 2.41. The maximum atomic E-state index is 12.3. The minimum Gasteiger partial charge on any atom is -0.328 e. The number of aromatic nitrogens is 1. The zero-order valence-corrected chi connectivity index (χ0v) is 12.3. The zero-order valence-electron chi connectivity index (χ0n) is 11.5. The normalized spacial score (nSPS) is 10.4. The largest absolute Gasteiger partial charge is 0.328 e. The summed E-state index contributed by atoms with van der Waals surface area (Å²) >= 11 is 6.15. The van der Waals surface area contributed by atoms with Crippen LogP contribution in [0, 0.1) is 20.8 Å². The first-order chi connectivity index (χ1) is 9.40. The lowest BCUT2D eigenvalue weighted by Gasteiger charge is -2.12. The van der Waals surface area contributed by atoms with Crippen molar-refractivity contribution in [3.05, 3.63) is 62.0 Å². The zero-order chi connectivity index (χ0) is 14.9. The quantitative estimate of drug-likeness (QED) is 0.892. The van der Waals surface area contributed by atoms with Crippen LogP contribution in [0.3, 0.4) is 0 Å². The molecule has 0 unspecified atom stereocenters. The first-order valence-electron chi connectivity index (χ1n) is 6.16. The fourth-order valence-corrected chi connectivity index (χ4v) is 2.48. The molecule has 0 atom stereocenters. The van der Waals surface area contributed by atoms with Gasteiger partial charge < -0.3 is 10.3 Å². The van der Waals surface area contributed by atoms with Crippen LogP contribution in [0.5, 0.6) is 0 Å². The second kappa shape index (κ2) is 5.51. The van der Waals surface area contributed by atoms with Crippen LogP contribution in [-0.4, -0.2) is 10.9 Å². The average molecular weight is 291 g/mol. The molecule has 0 saturated carbocycles. The SMILES string of the molecule is Cc1cc(C)c(NC(=O)c2c(C)cc[nH]c2=O)c(Cl)c1. The number of carbonyl (C=O) groups excluding carboxylic acids is 1. The van der Waals surface area contributed by atoms with Gasteiger partial charge in [-0.2, -0.15) is 0 Å². The number of benzene rings is 1. The predicted octanol–water partition coefficient (Wildman–Crippen LogP) is 3.21. The molecule has 1 aromatic heterocycles. The second-order valence-electron chi connectivity index (χ2n) is 4.76. The Morgan fingerprint density at radius 1 is 1.20 bits per heavy atom. The van der Waals surface area contributed by atoms with Crippen LogP contribution in [0.2, 0.25) is 5.02 Å².